The molecule has 10 heteroatoms. The highest BCUT2D eigenvalue weighted by molar-refractivity contribution is 6.05. The van der Waals surface area contributed by atoms with Crippen LogP contribution in [0.25, 0.3) is 0 Å². The van der Waals surface area contributed by atoms with Gasteiger partial charge in [-0.25, -0.2) is 4.39 Å². The van der Waals surface area contributed by atoms with Gasteiger partial charge in [-0.1, -0.05) is 42.5 Å². The highest BCUT2D eigenvalue weighted by Gasteiger charge is 2.57. The van der Waals surface area contributed by atoms with Gasteiger partial charge in [0.15, 0.2) is 5.72 Å². The van der Waals surface area contributed by atoms with Crippen LogP contribution in [-0.4, -0.2) is 47.6 Å². The van der Waals surface area contributed by atoms with Gasteiger partial charge in [0.2, 0.25) is 0 Å². The van der Waals surface area contributed by atoms with Gasteiger partial charge in [-0.3, -0.25) is 24.7 Å². The number of hydrogen-bond acceptors (Lipinski definition) is 8. The van der Waals surface area contributed by atoms with Crippen LogP contribution in [0.1, 0.15) is 30.9 Å². The molecule has 0 radical (unpaired) electrons. The number of hydrogen-bond donors (Lipinski definition) is 1. The summed E-state index contributed by atoms with van der Waals surface area (Å²) >= 11 is 0. The fourth-order valence-corrected chi connectivity index (χ4v) is 4.34. The summed E-state index contributed by atoms with van der Waals surface area (Å²) in [4.78, 5) is 41.3. The van der Waals surface area contributed by atoms with Crippen LogP contribution in [0.3, 0.4) is 0 Å². The number of nitrogens with zero attached hydrogens (tertiary/aromatic N) is 2. The third-order valence-corrected chi connectivity index (χ3v) is 5.71. The Morgan fingerprint density at radius 2 is 1.74 bits per heavy atom. The number of carbonyl (C=O) groups excluding carboxylic acids is 2. The van der Waals surface area contributed by atoms with Crippen LogP contribution in [0.2, 0.25) is 0 Å². The van der Waals surface area contributed by atoms with E-state index in [0.29, 0.717) is 0 Å². The Labute approximate surface area is 195 Å². The summed E-state index contributed by atoms with van der Waals surface area (Å²) in [7, 11) is 0. The zero-order valence-corrected chi connectivity index (χ0v) is 18.7. The molecule has 0 saturated carbocycles. The number of halogens is 1. The van der Waals surface area contributed by atoms with Crippen molar-refractivity contribution >= 4 is 23.3 Å². The summed E-state index contributed by atoms with van der Waals surface area (Å²) < 4.78 is 24.7. The minimum atomic E-state index is -2.30. The smallest absolute Gasteiger partial charge is 0.315 e. The molecular weight excluding hydrogens is 447 g/mol. The molecule has 1 N–H and O–H groups in total. The van der Waals surface area contributed by atoms with Crippen molar-refractivity contribution in [3.8, 4) is 0 Å². The second-order valence-electron chi connectivity index (χ2n) is 7.67. The van der Waals surface area contributed by atoms with E-state index in [0.717, 1.165) is 0 Å². The van der Waals surface area contributed by atoms with E-state index in [1.807, 2.05) is 0 Å². The van der Waals surface area contributed by atoms with E-state index in [4.69, 9.17) is 9.47 Å². The topological polar surface area (TPSA) is 128 Å². The number of rotatable bonds is 8. The van der Waals surface area contributed by atoms with Crippen molar-refractivity contribution in [2.75, 3.05) is 19.9 Å². The predicted octanol–water partition coefficient (Wildman–Crippen LogP) is 3.31. The van der Waals surface area contributed by atoms with Gasteiger partial charge in [-0.2, -0.15) is 0 Å². The Balaban J connectivity index is 2.35. The summed E-state index contributed by atoms with van der Waals surface area (Å²) in [6.07, 6.45) is 0. The maximum atomic E-state index is 14.3. The van der Waals surface area contributed by atoms with Gasteiger partial charge in [0.25, 0.3) is 5.69 Å². The Hall–Kier alpha value is -3.66. The molecule has 0 fully saturated rings. The molecule has 1 aliphatic heterocycles. The van der Waals surface area contributed by atoms with Gasteiger partial charge in [0, 0.05) is 23.6 Å². The second kappa shape index (κ2) is 10.5. The van der Waals surface area contributed by atoms with Gasteiger partial charge in [-0.15, -0.1) is 0 Å². The van der Waals surface area contributed by atoms with Crippen LogP contribution in [0, 0.1) is 22.0 Å². The van der Waals surface area contributed by atoms with Crippen LogP contribution in [0.5, 0.6) is 0 Å². The Morgan fingerprint density at radius 1 is 1.09 bits per heavy atom. The SMILES string of the molecule is CCOC(=O)C1C(CF)=NC(O)(c2ccccc2)C(C(=O)OCC)C1c1cccc([N+](=O)[O-])c1. The van der Waals surface area contributed by atoms with Crippen molar-refractivity contribution < 1.29 is 33.5 Å². The molecule has 0 amide bonds. The van der Waals surface area contributed by atoms with Crippen molar-refractivity contribution in [3.63, 3.8) is 0 Å². The highest BCUT2D eigenvalue weighted by Crippen LogP contribution is 2.49. The fraction of sp³-hybridized carbons (Fsp3) is 0.375. The number of aliphatic imine (C=N–C) groups is 1. The number of esters is 2. The van der Waals surface area contributed by atoms with Crippen LogP contribution in [-0.2, 0) is 24.8 Å². The molecule has 0 bridgehead atoms. The maximum absolute atomic E-state index is 14.3. The normalized spacial score (nSPS) is 24.1. The van der Waals surface area contributed by atoms with Gasteiger partial charge < -0.3 is 14.6 Å². The average Bonchev–Trinajstić information content (AvgIpc) is 2.84. The molecule has 1 heterocycles. The average molecular weight is 472 g/mol. The number of alkyl halides is 1. The third kappa shape index (κ3) is 4.67. The molecule has 0 saturated heterocycles. The minimum absolute atomic E-state index is 0.0242. The maximum Gasteiger partial charge on any atom is 0.315 e. The Kier molecular flexibility index (Phi) is 7.72. The van der Waals surface area contributed by atoms with Crippen LogP contribution < -0.4 is 0 Å². The van der Waals surface area contributed by atoms with E-state index in [-0.39, 0.29) is 35.7 Å². The molecule has 0 spiro atoms. The Bertz CT molecular complexity index is 1090. The van der Waals surface area contributed by atoms with E-state index >= 15 is 0 Å². The first-order chi connectivity index (χ1) is 16.3. The molecule has 1 aliphatic rings. The van der Waals surface area contributed by atoms with Gasteiger partial charge in [0.1, 0.15) is 18.5 Å². The monoisotopic (exact) mass is 472 g/mol. The molecule has 3 rings (SSSR count). The van der Waals surface area contributed by atoms with E-state index in [1.54, 1.807) is 32.0 Å². The van der Waals surface area contributed by atoms with E-state index in [9.17, 15) is 29.2 Å². The Morgan fingerprint density at radius 3 is 2.32 bits per heavy atom. The summed E-state index contributed by atoms with van der Waals surface area (Å²) in [6, 6.07) is 13.2. The van der Waals surface area contributed by atoms with Gasteiger partial charge >= 0.3 is 11.9 Å². The predicted molar refractivity (Wildman–Crippen MR) is 120 cm³/mol. The standard InChI is InChI=1S/C24H25FN2O7/c1-3-33-22(28)20-18(14-25)26-24(30,16-10-6-5-7-11-16)21(23(29)34-4-2)19(20)15-9-8-12-17(13-15)27(31)32/h5-13,19-21,30H,3-4,14H2,1-2H3. The number of carbonyl (C=O) groups is 2. The number of aliphatic hydroxyl groups is 1. The van der Waals surface area contributed by atoms with E-state index in [1.165, 1.54) is 36.4 Å². The van der Waals surface area contributed by atoms with E-state index in [2.05, 4.69) is 4.99 Å². The number of nitro groups is 1. The fourth-order valence-electron chi connectivity index (χ4n) is 4.34. The van der Waals surface area contributed by atoms with Gasteiger partial charge in [0.05, 0.1) is 23.8 Å². The van der Waals surface area contributed by atoms with Crippen molar-refractivity contribution in [1.29, 1.82) is 0 Å². The molecule has 2 aromatic rings. The molecule has 9 nitrogen and oxygen atoms in total. The number of non-ortho nitro benzene ring substituents is 1. The van der Waals surface area contributed by atoms with Crippen LogP contribution in [0.4, 0.5) is 10.1 Å². The summed E-state index contributed by atoms with van der Waals surface area (Å²) in [6.45, 7) is 1.87. The van der Waals surface area contributed by atoms with Crippen molar-refractivity contribution in [3.05, 3.63) is 75.8 Å². The number of nitro benzene ring substituents is 1. The largest absolute Gasteiger partial charge is 0.466 e. The first-order valence-corrected chi connectivity index (χ1v) is 10.8. The molecule has 180 valence electrons. The quantitative estimate of drug-likeness (QED) is 0.355. The molecule has 2 aromatic carbocycles. The first-order valence-electron chi connectivity index (χ1n) is 10.8. The molecule has 34 heavy (non-hydrogen) atoms. The minimum Gasteiger partial charge on any atom is -0.466 e. The lowest BCUT2D eigenvalue weighted by Crippen LogP contribution is -2.53. The number of benzene rings is 2. The van der Waals surface area contributed by atoms with Gasteiger partial charge in [-0.05, 0) is 19.4 Å². The van der Waals surface area contributed by atoms with E-state index < -0.39 is 47.0 Å². The molecule has 4 atom stereocenters. The highest BCUT2D eigenvalue weighted by atomic mass is 19.1. The lowest BCUT2D eigenvalue weighted by molar-refractivity contribution is -0.385. The first kappa shape index (κ1) is 25.0. The number of ether oxygens (including phenoxy) is 2. The van der Waals surface area contributed by atoms with Crippen LogP contribution >= 0.6 is 0 Å². The van der Waals surface area contributed by atoms with Crippen LogP contribution in [0.15, 0.2) is 59.6 Å². The summed E-state index contributed by atoms with van der Waals surface area (Å²) in [5.74, 6) is -5.94. The van der Waals surface area contributed by atoms with Crippen molar-refractivity contribution in [1.82, 2.24) is 0 Å². The molecule has 0 aliphatic carbocycles. The summed E-state index contributed by atoms with van der Waals surface area (Å²) in [5.41, 5.74) is -2.58. The molecule has 4 unspecified atom stereocenters. The van der Waals surface area contributed by atoms with Crippen molar-refractivity contribution in [2.24, 2.45) is 16.8 Å². The lowest BCUT2D eigenvalue weighted by atomic mass is 9.66. The van der Waals surface area contributed by atoms with Crippen molar-refractivity contribution in [2.45, 2.75) is 25.5 Å². The zero-order valence-electron chi connectivity index (χ0n) is 18.7. The summed E-state index contributed by atoms with van der Waals surface area (Å²) in [5, 5.41) is 23.2. The third-order valence-electron chi connectivity index (χ3n) is 5.71. The molecular formula is C24H25FN2O7. The zero-order chi connectivity index (χ0) is 24.9. The lowest BCUT2D eigenvalue weighted by Gasteiger charge is -2.43. The molecule has 0 aromatic heterocycles. The second-order valence-corrected chi connectivity index (χ2v) is 7.67.